The van der Waals surface area contributed by atoms with Crippen molar-refractivity contribution in [2.45, 2.75) is 6.42 Å². The molecule has 0 N–H and O–H groups in total. The van der Waals surface area contributed by atoms with Gasteiger partial charge in [-0.2, -0.15) is 0 Å². The minimum Gasteiger partial charge on any atom is -0.249 e. The van der Waals surface area contributed by atoms with Crippen LogP contribution in [0, 0.1) is 0 Å². The Morgan fingerprint density at radius 3 is 2.33 bits per heavy atom. The summed E-state index contributed by atoms with van der Waals surface area (Å²) in [4.78, 5) is 9.72. The second kappa shape index (κ2) is 3.89. The predicted octanol–water partition coefficient (Wildman–Crippen LogP) is 4.35. The second-order valence-electron chi connectivity index (χ2n) is 5.51. The van der Waals surface area contributed by atoms with E-state index in [1.807, 2.05) is 24.3 Å². The Labute approximate surface area is 122 Å². The van der Waals surface area contributed by atoms with Gasteiger partial charge in [0, 0.05) is 12.0 Å². The second-order valence-corrected chi connectivity index (χ2v) is 5.51. The molecule has 0 unspecified atom stereocenters. The van der Waals surface area contributed by atoms with Crippen LogP contribution in [0.4, 0.5) is 0 Å². The Kier molecular flexibility index (Phi) is 2.03. The lowest BCUT2D eigenvalue weighted by atomic mass is 9.88. The van der Waals surface area contributed by atoms with Gasteiger partial charge in [0.2, 0.25) is 0 Å². The maximum Gasteiger partial charge on any atom is 0.0934 e. The fourth-order valence-corrected chi connectivity index (χ4v) is 3.32. The van der Waals surface area contributed by atoms with Crippen molar-refractivity contribution in [2.24, 2.45) is 0 Å². The molecule has 2 heteroatoms. The van der Waals surface area contributed by atoms with Crippen LogP contribution >= 0.6 is 0 Å². The maximum absolute atomic E-state index is 4.88. The monoisotopic (exact) mass is 268 g/mol. The van der Waals surface area contributed by atoms with E-state index in [1.165, 1.54) is 21.9 Å². The molecule has 98 valence electrons. The van der Waals surface area contributed by atoms with Crippen molar-refractivity contribution in [3.63, 3.8) is 0 Å². The molecular formula is C19H12N2. The van der Waals surface area contributed by atoms with Crippen LogP contribution in [0.25, 0.3) is 33.1 Å². The highest BCUT2D eigenvalue weighted by atomic mass is 14.8. The summed E-state index contributed by atoms with van der Waals surface area (Å²) in [5, 5.41) is 2.61. The third kappa shape index (κ3) is 1.47. The van der Waals surface area contributed by atoms with Crippen LogP contribution in [0.3, 0.4) is 0 Å². The Morgan fingerprint density at radius 1 is 0.714 bits per heavy atom. The standard InChI is InChI=1S/C19H12N2/c1-2-10-16-15(9-1)20-17-11-13-7-3-5-12-6-4-8-14(18(12)13)19(17)21-16/h1-10H,11H2. The van der Waals surface area contributed by atoms with Crippen molar-refractivity contribution in [3.05, 3.63) is 71.9 Å². The fourth-order valence-electron chi connectivity index (χ4n) is 3.32. The molecule has 0 aliphatic heterocycles. The zero-order chi connectivity index (χ0) is 13.8. The van der Waals surface area contributed by atoms with Crippen molar-refractivity contribution in [3.8, 4) is 11.3 Å². The lowest BCUT2D eigenvalue weighted by Crippen LogP contribution is -2.06. The van der Waals surface area contributed by atoms with Crippen LogP contribution in [0.2, 0.25) is 0 Å². The third-order valence-corrected chi connectivity index (χ3v) is 4.25. The summed E-state index contributed by atoms with van der Waals surface area (Å²) in [7, 11) is 0. The summed E-state index contributed by atoms with van der Waals surface area (Å²) in [6.07, 6.45) is 0.863. The van der Waals surface area contributed by atoms with Gasteiger partial charge in [-0.15, -0.1) is 0 Å². The average molecular weight is 268 g/mol. The summed E-state index contributed by atoms with van der Waals surface area (Å²) >= 11 is 0. The van der Waals surface area contributed by atoms with Gasteiger partial charge in [-0.05, 0) is 28.5 Å². The molecule has 5 rings (SSSR count). The van der Waals surface area contributed by atoms with E-state index < -0.39 is 0 Å². The zero-order valence-electron chi connectivity index (χ0n) is 11.4. The number of rotatable bonds is 0. The van der Waals surface area contributed by atoms with Gasteiger partial charge in [-0.3, -0.25) is 0 Å². The van der Waals surface area contributed by atoms with E-state index in [0.29, 0.717) is 0 Å². The summed E-state index contributed by atoms with van der Waals surface area (Å²) in [5.41, 5.74) is 6.62. The molecule has 0 amide bonds. The molecule has 0 bridgehead atoms. The lowest BCUT2D eigenvalue weighted by Gasteiger charge is -2.19. The first kappa shape index (κ1) is 11.0. The average Bonchev–Trinajstić information content (AvgIpc) is 2.54. The van der Waals surface area contributed by atoms with Crippen molar-refractivity contribution in [1.82, 2.24) is 9.97 Å². The van der Waals surface area contributed by atoms with E-state index in [9.17, 15) is 0 Å². The number of fused-ring (bicyclic) bond motifs is 3. The van der Waals surface area contributed by atoms with Crippen LogP contribution < -0.4 is 0 Å². The number of para-hydroxylation sites is 2. The van der Waals surface area contributed by atoms with E-state index in [0.717, 1.165) is 28.8 Å². The lowest BCUT2D eigenvalue weighted by molar-refractivity contribution is 1.07. The minimum absolute atomic E-state index is 0.863. The predicted molar refractivity (Wildman–Crippen MR) is 85.3 cm³/mol. The van der Waals surface area contributed by atoms with Gasteiger partial charge in [-0.1, -0.05) is 48.5 Å². The first-order valence-corrected chi connectivity index (χ1v) is 7.17. The molecule has 0 saturated carbocycles. The molecule has 2 nitrogen and oxygen atoms in total. The number of aromatic nitrogens is 2. The van der Waals surface area contributed by atoms with Crippen molar-refractivity contribution >= 4 is 21.8 Å². The van der Waals surface area contributed by atoms with Gasteiger partial charge in [0.25, 0.3) is 0 Å². The van der Waals surface area contributed by atoms with Crippen LogP contribution in [0.5, 0.6) is 0 Å². The third-order valence-electron chi connectivity index (χ3n) is 4.25. The highest BCUT2D eigenvalue weighted by Gasteiger charge is 2.20. The summed E-state index contributed by atoms with van der Waals surface area (Å²) in [6, 6.07) is 21.0. The topological polar surface area (TPSA) is 25.8 Å². The van der Waals surface area contributed by atoms with Crippen LogP contribution in [0.1, 0.15) is 11.3 Å². The van der Waals surface area contributed by atoms with Crippen molar-refractivity contribution in [1.29, 1.82) is 0 Å². The number of hydrogen-bond donors (Lipinski definition) is 0. The molecule has 1 aliphatic carbocycles. The molecule has 0 radical (unpaired) electrons. The quantitative estimate of drug-likeness (QED) is 0.417. The van der Waals surface area contributed by atoms with Gasteiger partial charge in [0.05, 0.1) is 22.4 Å². The van der Waals surface area contributed by atoms with Gasteiger partial charge in [-0.25, -0.2) is 9.97 Å². The molecule has 21 heavy (non-hydrogen) atoms. The Morgan fingerprint density at radius 2 is 1.48 bits per heavy atom. The van der Waals surface area contributed by atoms with Gasteiger partial charge in [0.1, 0.15) is 0 Å². The van der Waals surface area contributed by atoms with E-state index >= 15 is 0 Å². The molecule has 3 aromatic carbocycles. The van der Waals surface area contributed by atoms with E-state index in [2.05, 4.69) is 36.4 Å². The first-order chi connectivity index (χ1) is 10.4. The normalized spacial score (nSPS) is 12.6. The highest BCUT2D eigenvalue weighted by Crippen LogP contribution is 2.38. The van der Waals surface area contributed by atoms with Crippen LogP contribution in [-0.4, -0.2) is 9.97 Å². The summed E-state index contributed by atoms with van der Waals surface area (Å²) < 4.78 is 0. The molecule has 0 spiro atoms. The van der Waals surface area contributed by atoms with Gasteiger partial charge >= 0.3 is 0 Å². The van der Waals surface area contributed by atoms with Crippen molar-refractivity contribution in [2.75, 3.05) is 0 Å². The van der Waals surface area contributed by atoms with Crippen LogP contribution in [0.15, 0.2) is 60.7 Å². The van der Waals surface area contributed by atoms with E-state index in [-0.39, 0.29) is 0 Å². The maximum atomic E-state index is 4.88. The number of hydrogen-bond acceptors (Lipinski definition) is 2. The van der Waals surface area contributed by atoms with E-state index in [4.69, 9.17) is 9.97 Å². The van der Waals surface area contributed by atoms with Crippen molar-refractivity contribution < 1.29 is 0 Å². The fraction of sp³-hybridized carbons (Fsp3) is 0.0526. The van der Waals surface area contributed by atoms with Gasteiger partial charge < -0.3 is 0 Å². The number of benzene rings is 3. The number of nitrogens with zero attached hydrogens (tertiary/aromatic N) is 2. The summed E-state index contributed by atoms with van der Waals surface area (Å²) in [5.74, 6) is 0. The SMILES string of the molecule is c1cc2c3c(cccc3c1)-c1nc3ccccc3nc1C2. The summed E-state index contributed by atoms with van der Waals surface area (Å²) in [6.45, 7) is 0. The Balaban J connectivity index is 1.95. The molecule has 1 aromatic heterocycles. The Bertz CT molecular complexity index is 1010. The molecule has 1 heterocycles. The molecule has 0 fully saturated rings. The molecule has 4 aromatic rings. The molecular weight excluding hydrogens is 256 g/mol. The highest BCUT2D eigenvalue weighted by molar-refractivity contribution is 6.01. The van der Waals surface area contributed by atoms with E-state index in [1.54, 1.807) is 0 Å². The smallest absolute Gasteiger partial charge is 0.0934 e. The molecule has 0 atom stereocenters. The van der Waals surface area contributed by atoms with Crippen LogP contribution in [-0.2, 0) is 6.42 Å². The minimum atomic E-state index is 0.863. The Hall–Kier alpha value is -2.74. The molecule has 1 aliphatic rings. The first-order valence-electron chi connectivity index (χ1n) is 7.17. The molecule has 0 saturated heterocycles. The largest absolute Gasteiger partial charge is 0.249 e. The zero-order valence-corrected chi connectivity index (χ0v) is 11.4. The van der Waals surface area contributed by atoms with Gasteiger partial charge in [0.15, 0.2) is 0 Å².